The number of thioether (sulfide) groups is 1. The lowest BCUT2D eigenvalue weighted by Crippen LogP contribution is -2.49. The molecule has 1 saturated heterocycles. The normalized spacial score (nSPS) is 13.2. The number of rotatable bonds is 10. The highest BCUT2D eigenvalue weighted by Gasteiger charge is 2.32. The quantitative estimate of drug-likeness (QED) is 0.289. The van der Waals surface area contributed by atoms with Crippen LogP contribution >= 0.6 is 11.8 Å². The van der Waals surface area contributed by atoms with E-state index < -0.39 is 12.8 Å². The molecule has 0 amide bonds. The molecule has 8 nitrogen and oxygen atoms in total. The highest BCUT2D eigenvalue weighted by atomic mass is 32.2. The maximum Gasteiger partial charge on any atom is 0.345 e. The van der Waals surface area contributed by atoms with Crippen LogP contribution in [-0.4, -0.2) is 54.0 Å². The van der Waals surface area contributed by atoms with Crippen molar-refractivity contribution in [2.24, 2.45) is 0 Å². The van der Waals surface area contributed by atoms with Crippen molar-refractivity contribution in [3.8, 4) is 29.1 Å². The Morgan fingerprint density at radius 2 is 1.89 bits per heavy atom. The summed E-state index contributed by atoms with van der Waals surface area (Å²) >= 11 is 1.29. The van der Waals surface area contributed by atoms with Crippen molar-refractivity contribution in [1.82, 2.24) is 15.0 Å². The molecule has 36 heavy (non-hydrogen) atoms. The molecule has 0 aliphatic carbocycles. The third-order valence-electron chi connectivity index (χ3n) is 5.18. The van der Waals surface area contributed by atoms with E-state index in [2.05, 4.69) is 31.8 Å². The number of halogens is 3. The standard InChI is InChI=1S/C24H19F3N6O2S/c25-15-12-33(13-15)22-18(9-28)21(20-5-4-17(11-31-20)34-7-8-35-24(26)27)19(10-29)23(32-22)36-14-16-3-1-2-6-30-16/h1-6,11,15,24H,7-8,12-14H2. The highest BCUT2D eigenvalue weighted by Crippen LogP contribution is 2.39. The van der Waals surface area contributed by atoms with Crippen LogP contribution in [0, 0.1) is 22.7 Å². The number of alkyl halides is 3. The first-order valence-electron chi connectivity index (χ1n) is 10.8. The van der Waals surface area contributed by atoms with Gasteiger partial charge in [-0.05, 0) is 24.3 Å². The fraction of sp³-hybridized carbons (Fsp3) is 0.292. The molecule has 184 valence electrons. The number of aromatic nitrogens is 3. The van der Waals surface area contributed by atoms with Crippen LogP contribution in [0.2, 0.25) is 0 Å². The van der Waals surface area contributed by atoms with Crippen molar-refractivity contribution in [2.45, 2.75) is 23.6 Å². The molecule has 3 aromatic rings. The van der Waals surface area contributed by atoms with E-state index in [0.717, 1.165) is 5.69 Å². The zero-order valence-electron chi connectivity index (χ0n) is 18.8. The average molecular weight is 513 g/mol. The summed E-state index contributed by atoms with van der Waals surface area (Å²) in [5.74, 6) is 1.02. The van der Waals surface area contributed by atoms with Crippen molar-refractivity contribution < 1.29 is 22.6 Å². The molecule has 0 unspecified atom stereocenters. The smallest absolute Gasteiger partial charge is 0.345 e. The molecular formula is C24H19F3N6O2S. The van der Waals surface area contributed by atoms with Gasteiger partial charge in [0.25, 0.3) is 0 Å². The zero-order valence-corrected chi connectivity index (χ0v) is 19.6. The number of hydrogen-bond acceptors (Lipinski definition) is 9. The van der Waals surface area contributed by atoms with Gasteiger partial charge in [-0.3, -0.25) is 9.97 Å². The molecule has 0 N–H and O–H groups in total. The lowest BCUT2D eigenvalue weighted by atomic mass is 9.99. The summed E-state index contributed by atoms with van der Waals surface area (Å²) in [6, 6.07) is 12.9. The Bertz CT molecular complexity index is 1280. The van der Waals surface area contributed by atoms with E-state index in [1.54, 1.807) is 29.3 Å². The third-order valence-corrected chi connectivity index (χ3v) is 6.19. The van der Waals surface area contributed by atoms with Crippen LogP contribution < -0.4 is 9.64 Å². The molecule has 3 aromatic heterocycles. The Balaban J connectivity index is 1.69. The first kappa shape index (κ1) is 25.2. The van der Waals surface area contributed by atoms with Gasteiger partial charge in [0, 0.05) is 17.5 Å². The van der Waals surface area contributed by atoms with Gasteiger partial charge in [-0.2, -0.15) is 19.3 Å². The summed E-state index contributed by atoms with van der Waals surface area (Å²) in [6.45, 7) is -3.10. The van der Waals surface area contributed by atoms with E-state index in [4.69, 9.17) is 4.74 Å². The predicted molar refractivity (Wildman–Crippen MR) is 125 cm³/mol. The van der Waals surface area contributed by atoms with Gasteiger partial charge in [0.1, 0.15) is 47.1 Å². The van der Waals surface area contributed by atoms with Crippen LogP contribution in [0.4, 0.5) is 19.0 Å². The first-order chi connectivity index (χ1) is 17.5. The van der Waals surface area contributed by atoms with E-state index in [9.17, 15) is 23.7 Å². The number of hydrogen-bond donors (Lipinski definition) is 0. The molecule has 0 radical (unpaired) electrons. The van der Waals surface area contributed by atoms with Gasteiger partial charge in [-0.15, -0.1) is 0 Å². The summed E-state index contributed by atoms with van der Waals surface area (Å²) in [5, 5.41) is 20.4. The summed E-state index contributed by atoms with van der Waals surface area (Å²) in [5.41, 5.74) is 1.67. The van der Waals surface area contributed by atoms with E-state index in [-0.39, 0.29) is 48.8 Å². The highest BCUT2D eigenvalue weighted by molar-refractivity contribution is 7.98. The fourth-order valence-corrected chi connectivity index (χ4v) is 4.38. The molecular weight excluding hydrogens is 493 g/mol. The molecule has 0 aromatic carbocycles. The molecule has 0 saturated carbocycles. The van der Waals surface area contributed by atoms with Gasteiger partial charge in [-0.25, -0.2) is 9.37 Å². The minimum Gasteiger partial charge on any atom is -0.490 e. The largest absolute Gasteiger partial charge is 0.490 e. The molecule has 4 rings (SSSR count). The van der Waals surface area contributed by atoms with Gasteiger partial charge in [-0.1, -0.05) is 17.8 Å². The second kappa shape index (κ2) is 11.7. The van der Waals surface area contributed by atoms with Crippen LogP contribution in [0.15, 0.2) is 47.8 Å². The van der Waals surface area contributed by atoms with Crippen molar-refractivity contribution >= 4 is 17.6 Å². The van der Waals surface area contributed by atoms with Crippen molar-refractivity contribution in [2.75, 3.05) is 31.2 Å². The Kier molecular flexibility index (Phi) is 8.21. The van der Waals surface area contributed by atoms with Gasteiger partial charge < -0.3 is 14.4 Å². The number of nitriles is 2. The summed E-state index contributed by atoms with van der Waals surface area (Å²) in [7, 11) is 0. The Hall–Kier alpha value is -3.87. The molecule has 0 bridgehead atoms. The minimum absolute atomic E-state index is 0.0955. The van der Waals surface area contributed by atoms with Crippen LogP contribution in [0.3, 0.4) is 0 Å². The van der Waals surface area contributed by atoms with E-state index >= 15 is 0 Å². The molecule has 4 heterocycles. The summed E-state index contributed by atoms with van der Waals surface area (Å²) in [6.07, 6.45) is 2.01. The van der Waals surface area contributed by atoms with E-state index in [1.165, 1.54) is 18.0 Å². The lowest BCUT2D eigenvalue weighted by Gasteiger charge is -2.36. The summed E-state index contributed by atoms with van der Waals surface area (Å²) in [4.78, 5) is 14.9. The molecule has 1 fully saturated rings. The van der Waals surface area contributed by atoms with Crippen LogP contribution in [-0.2, 0) is 10.5 Å². The predicted octanol–water partition coefficient (Wildman–Crippen LogP) is 4.35. The summed E-state index contributed by atoms with van der Waals surface area (Å²) < 4.78 is 47.3. The van der Waals surface area contributed by atoms with Crippen molar-refractivity contribution in [3.05, 3.63) is 59.5 Å². The Labute approximate surface area is 209 Å². The maximum absolute atomic E-state index is 13.6. The van der Waals surface area contributed by atoms with Crippen LogP contribution in [0.1, 0.15) is 16.8 Å². The van der Waals surface area contributed by atoms with Crippen molar-refractivity contribution in [3.63, 3.8) is 0 Å². The molecule has 12 heteroatoms. The second-order valence-electron chi connectivity index (χ2n) is 7.56. The van der Waals surface area contributed by atoms with Crippen LogP contribution in [0.25, 0.3) is 11.3 Å². The Morgan fingerprint density at radius 1 is 1.08 bits per heavy atom. The number of ether oxygens (including phenoxy) is 2. The first-order valence-corrected chi connectivity index (χ1v) is 11.8. The maximum atomic E-state index is 13.6. The third kappa shape index (κ3) is 5.85. The number of pyridine rings is 3. The fourth-order valence-electron chi connectivity index (χ4n) is 3.48. The SMILES string of the molecule is N#Cc1c(SCc2ccccn2)nc(N2CC(F)C2)c(C#N)c1-c1ccc(OCCOC(F)F)cn1. The second-order valence-corrected chi connectivity index (χ2v) is 8.52. The number of anilines is 1. The van der Waals surface area contributed by atoms with Gasteiger partial charge in [0.05, 0.1) is 42.8 Å². The molecule has 1 aliphatic heterocycles. The zero-order chi connectivity index (χ0) is 25.5. The monoisotopic (exact) mass is 512 g/mol. The number of nitrogens with zero attached hydrogens (tertiary/aromatic N) is 6. The average Bonchev–Trinajstić information content (AvgIpc) is 2.88. The van der Waals surface area contributed by atoms with Crippen LogP contribution in [0.5, 0.6) is 5.75 Å². The topological polar surface area (TPSA) is 108 Å². The molecule has 0 spiro atoms. The van der Waals surface area contributed by atoms with Gasteiger partial charge in [0.15, 0.2) is 0 Å². The van der Waals surface area contributed by atoms with Crippen molar-refractivity contribution in [1.29, 1.82) is 10.5 Å². The van der Waals surface area contributed by atoms with E-state index in [1.807, 2.05) is 12.1 Å². The lowest BCUT2D eigenvalue weighted by molar-refractivity contribution is -0.133. The van der Waals surface area contributed by atoms with Gasteiger partial charge in [0.2, 0.25) is 0 Å². The minimum atomic E-state index is -2.88. The van der Waals surface area contributed by atoms with E-state index in [0.29, 0.717) is 22.2 Å². The molecule has 0 atom stereocenters. The molecule has 1 aliphatic rings. The van der Waals surface area contributed by atoms with Gasteiger partial charge >= 0.3 is 6.61 Å². The Morgan fingerprint density at radius 3 is 2.50 bits per heavy atom.